The van der Waals surface area contributed by atoms with Gasteiger partial charge in [-0.25, -0.2) is 13.1 Å². The molecular formula is C16H21N3O3S. The molecule has 0 aliphatic heterocycles. The highest BCUT2D eigenvalue weighted by molar-refractivity contribution is 7.90. The lowest BCUT2D eigenvalue weighted by atomic mass is 10.0. The number of aromatic nitrogens is 1. The van der Waals surface area contributed by atoms with Crippen molar-refractivity contribution in [3.05, 3.63) is 36.2 Å². The third kappa shape index (κ3) is 3.86. The van der Waals surface area contributed by atoms with Gasteiger partial charge in [0.15, 0.2) is 0 Å². The van der Waals surface area contributed by atoms with Gasteiger partial charge in [-0.05, 0) is 42.3 Å². The van der Waals surface area contributed by atoms with E-state index in [0.29, 0.717) is 11.8 Å². The van der Waals surface area contributed by atoms with Gasteiger partial charge < -0.3 is 5.73 Å². The molecule has 1 aromatic carbocycles. The van der Waals surface area contributed by atoms with Crippen LogP contribution in [0.2, 0.25) is 0 Å². The quantitative estimate of drug-likeness (QED) is 0.866. The molecule has 0 fully saturated rings. The van der Waals surface area contributed by atoms with Gasteiger partial charge in [0.1, 0.15) is 0 Å². The molecule has 6 nitrogen and oxygen atoms in total. The number of benzene rings is 1. The number of amides is 1. The number of nitrogens with one attached hydrogen (secondary N) is 1. The van der Waals surface area contributed by atoms with Crippen molar-refractivity contribution in [2.75, 3.05) is 0 Å². The van der Waals surface area contributed by atoms with Gasteiger partial charge in [0.05, 0.1) is 10.9 Å². The number of nitrogens with two attached hydrogens (primary N) is 1. The molecule has 1 amide bonds. The van der Waals surface area contributed by atoms with E-state index < -0.39 is 22.0 Å². The van der Waals surface area contributed by atoms with Crippen molar-refractivity contribution in [3.8, 4) is 0 Å². The molecule has 2 rings (SSSR count). The molecule has 0 aliphatic carbocycles. The Labute approximate surface area is 136 Å². The Hall–Kier alpha value is -1.99. The van der Waals surface area contributed by atoms with Gasteiger partial charge in [0, 0.05) is 17.8 Å². The predicted octanol–water partition coefficient (Wildman–Crippen LogP) is 1.72. The number of fused-ring (bicyclic) bond motifs is 1. The Morgan fingerprint density at radius 2 is 1.96 bits per heavy atom. The second-order valence-electron chi connectivity index (χ2n) is 6.01. The maximum absolute atomic E-state index is 12.5. The SMILES string of the molecule is Cc1ccc(S(=O)(=O)NC(=O)[C@@H](N)CC(C)C)c2cnccc12. The van der Waals surface area contributed by atoms with Crippen LogP contribution in [0.3, 0.4) is 0 Å². The van der Waals surface area contributed by atoms with Crippen LogP contribution < -0.4 is 10.5 Å². The summed E-state index contributed by atoms with van der Waals surface area (Å²) in [5.41, 5.74) is 6.69. The second-order valence-corrected chi connectivity index (χ2v) is 7.66. The van der Waals surface area contributed by atoms with Crippen LogP contribution in [0.25, 0.3) is 10.8 Å². The van der Waals surface area contributed by atoms with Crippen LogP contribution in [0.4, 0.5) is 0 Å². The number of nitrogens with zero attached hydrogens (tertiary/aromatic N) is 1. The number of sulfonamides is 1. The van der Waals surface area contributed by atoms with Crippen molar-refractivity contribution >= 4 is 26.7 Å². The van der Waals surface area contributed by atoms with E-state index in [1.54, 1.807) is 18.3 Å². The summed E-state index contributed by atoms with van der Waals surface area (Å²) in [5.74, 6) is -0.501. The molecule has 2 aromatic rings. The number of pyridine rings is 1. The van der Waals surface area contributed by atoms with Gasteiger partial charge in [-0.3, -0.25) is 9.78 Å². The Bertz CT molecular complexity index is 832. The fraction of sp³-hybridized carbons (Fsp3) is 0.375. The van der Waals surface area contributed by atoms with E-state index >= 15 is 0 Å². The molecule has 124 valence electrons. The molecule has 0 saturated carbocycles. The topological polar surface area (TPSA) is 102 Å². The van der Waals surface area contributed by atoms with E-state index in [1.165, 1.54) is 12.3 Å². The molecule has 7 heteroatoms. The fourth-order valence-corrected chi connectivity index (χ4v) is 3.65. The lowest BCUT2D eigenvalue weighted by Crippen LogP contribution is -2.44. The molecule has 0 radical (unpaired) electrons. The highest BCUT2D eigenvalue weighted by Gasteiger charge is 2.24. The van der Waals surface area contributed by atoms with Gasteiger partial charge in [-0.2, -0.15) is 0 Å². The van der Waals surface area contributed by atoms with Crippen LogP contribution >= 0.6 is 0 Å². The summed E-state index contributed by atoms with van der Waals surface area (Å²) in [6.45, 7) is 5.72. The molecule has 0 saturated heterocycles. The third-order valence-corrected chi connectivity index (χ3v) is 4.99. The molecular weight excluding hydrogens is 314 g/mol. The maximum Gasteiger partial charge on any atom is 0.264 e. The third-order valence-electron chi connectivity index (χ3n) is 3.58. The first-order valence-electron chi connectivity index (χ1n) is 7.38. The fourth-order valence-electron chi connectivity index (χ4n) is 2.43. The van der Waals surface area contributed by atoms with Crippen LogP contribution in [-0.4, -0.2) is 25.4 Å². The standard InChI is InChI=1S/C16H21N3O3S/c1-10(2)8-14(17)16(20)19-23(21,22)15-5-4-11(3)12-6-7-18-9-13(12)15/h4-7,9-10,14H,8,17H2,1-3H3,(H,19,20)/t14-/m0/s1. The van der Waals surface area contributed by atoms with E-state index in [-0.39, 0.29) is 10.8 Å². The Morgan fingerprint density at radius 1 is 1.26 bits per heavy atom. The van der Waals surface area contributed by atoms with Gasteiger partial charge in [-0.15, -0.1) is 0 Å². The van der Waals surface area contributed by atoms with Crippen molar-refractivity contribution in [1.82, 2.24) is 9.71 Å². The minimum atomic E-state index is -4.00. The summed E-state index contributed by atoms with van der Waals surface area (Å²) in [7, 11) is -4.00. The molecule has 3 N–H and O–H groups in total. The summed E-state index contributed by atoms with van der Waals surface area (Å²) < 4.78 is 27.2. The van der Waals surface area contributed by atoms with Crippen LogP contribution in [0, 0.1) is 12.8 Å². The number of carbonyl (C=O) groups excluding carboxylic acids is 1. The average Bonchev–Trinajstić information content (AvgIpc) is 2.46. The zero-order chi connectivity index (χ0) is 17.2. The largest absolute Gasteiger partial charge is 0.320 e. The normalized spacial score (nSPS) is 13.3. The predicted molar refractivity (Wildman–Crippen MR) is 89.2 cm³/mol. The monoisotopic (exact) mass is 335 g/mol. The van der Waals surface area contributed by atoms with E-state index in [9.17, 15) is 13.2 Å². The van der Waals surface area contributed by atoms with Crippen molar-refractivity contribution in [2.24, 2.45) is 11.7 Å². The zero-order valence-corrected chi connectivity index (χ0v) is 14.2. The van der Waals surface area contributed by atoms with Gasteiger partial charge in [0.25, 0.3) is 15.9 Å². The number of hydrogen-bond acceptors (Lipinski definition) is 5. The van der Waals surface area contributed by atoms with Crippen molar-refractivity contribution in [3.63, 3.8) is 0 Å². The van der Waals surface area contributed by atoms with E-state index in [4.69, 9.17) is 5.73 Å². The van der Waals surface area contributed by atoms with Crippen molar-refractivity contribution < 1.29 is 13.2 Å². The summed E-state index contributed by atoms with van der Waals surface area (Å²) in [5, 5.41) is 1.26. The van der Waals surface area contributed by atoms with Crippen molar-refractivity contribution in [1.29, 1.82) is 0 Å². The summed E-state index contributed by atoms with van der Waals surface area (Å²) in [6.07, 6.45) is 3.50. The summed E-state index contributed by atoms with van der Waals surface area (Å²) in [6, 6.07) is 4.06. The molecule has 1 heterocycles. The molecule has 1 aromatic heterocycles. The molecule has 0 spiro atoms. The molecule has 1 atom stereocenters. The van der Waals surface area contributed by atoms with Gasteiger partial charge in [0.2, 0.25) is 0 Å². The lowest BCUT2D eigenvalue weighted by molar-refractivity contribution is -0.120. The van der Waals surface area contributed by atoms with Gasteiger partial charge >= 0.3 is 0 Å². The highest BCUT2D eigenvalue weighted by atomic mass is 32.2. The zero-order valence-electron chi connectivity index (χ0n) is 13.4. The number of rotatable bonds is 5. The Morgan fingerprint density at radius 3 is 2.61 bits per heavy atom. The maximum atomic E-state index is 12.5. The highest BCUT2D eigenvalue weighted by Crippen LogP contribution is 2.25. The van der Waals surface area contributed by atoms with Crippen LogP contribution in [0.1, 0.15) is 25.8 Å². The number of aryl methyl sites for hydroxylation is 1. The number of hydrogen-bond donors (Lipinski definition) is 2. The van der Waals surface area contributed by atoms with E-state index in [0.717, 1.165) is 10.9 Å². The van der Waals surface area contributed by atoms with E-state index in [2.05, 4.69) is 9.71 Å². The van der Waals surface area contributed by atoms with E-state index in [1.807, 2.05) is 20.8 Å². The summed E-state index contributed by atoms with van der Waals surface area (Å²) in [4.78, 5) is 16.0. The minimum absolute atomic E-state index is 0.0243. The molecule has 0 bridgehead atoms. The Kier molecular flexibility index (Phi) is 5.01. The van der Waals surface area contributed by atoms with Crippen LogP contribution in [-0.2, 0) is 14.8 Å². The second kappa shape index (κ2) is 6.64. The first-order chi connectivity index (χ1) is 10.7. The molecule has 0 aliphatic rings. The minimum Gasteiger partial charge on any atom is -0.320 e. The summed E-state index contributed by atoms with van der Waals surface area (Å²) >= 11 is 0. The smallest absolute Gasteiger partial charge is 0.264 e. The first-order valence-corrected chi connectivity index (χ1v) is 8.86. The van der Waals surface area contributed by atoms with Gasteiger partial charge in [-0.1, -0.05) is 19.9 Å². The van der Waals surface area contributed by atoms with Crippen LogP contribution in [0.5, 0.6) is 0 Å². The van der Waals surface area contributed by atoms with Crippen molar-refractivity contribution in [2.45, 2.75) is 38.1 Å². The molecule has 0 unspecified atom stereocenters. The Balaban J connectivity index is 2.38. The average molecular weight is 335 g/mol. The number of carbonyl (C=O) groups is 1. The lowest BCUT2D eigenvalue weighted by Gasteiger charge is -2.15. The van der Waals surface area contributed by atoms with Crippen LogP contribution in [0.15, 0.2) is 35.5 Å². The molecule has 23 heavy (non-hydrogen) atoms. The first kappa shape index (κ1) is 17.4.